The molecule has 0 aliphatic carbocycles. The normalized spacial score (nSPS) is 21.2. The Morgan fingerprint density at radius 3 is 3.12 bits per heavy atom. The lowest BCUT2D eigenvalue weighted by molar-refractivity contribution is -0.0477. The number of nitrogens with zero attached hydrogens (tertiary/aromatic N) is 1. The molecular formula is C11H18N2O3. The van der Waals surface area contributed by atoms with Crippen molar-refractivity contribution in [2.75, 3.05) is 13.2 Å². The zero-order valence-corrected chi connectivity index (χ0v) is 9.35. The minimum Gasteiger partial charge on any atom is -0.376 e. The molecule has 1 fully saturated rings. The standard InChI is InChI=1S/C11H18N2O3/c12-6-9-5-11(16-13-9)8-14-7-10-3-1-2-4-15-10/h5,10H,1-4,6-8,12H2. The van der Waals surface area contributed by atoms with Crippen LogP contribution in [0.4, 0.5) is 0 Å². The average molecular weight is 226 g/mol. The molecule has 0 saturated carbocycles. The summed E-state index contributed by atoms with van der Waals surface area (Å²) < 4.78 is 16.1. The SMILES string of the molecule is NCc1cc(COCC2CCCCO2)on1. The van der Waals surface area contributed by atoms with Crippen molar-refractivity contribution in [2.24, 2.45) is 5.73 Å². The van der Waals surface area contributed by atoms with Crippen molar-refractivity contribution in [3.8, 4) is 0 Å². The number of hydrogen-bond acceptors (Lipinski definition) is 5. The van der Waals surface area contributed by atoms with E-state index in [0.29, 0.717) is 19.8 Å². The predicted octanol–water partition coefficient (Wildman–Crippen LogP) is 1.22. The van der Waals surface area contributed by atoms with E-state index in [1.54, 1.807) is 0 Å². The summed E-state index contributed by atoms with van der Waals surface area (Å²) >= 11 is 0. The van der Waals surface area contributed by atoms with E-state index >= 15 is 0 Å². The van der Waals surface area contributed by atoms with Gasteiger partial charge in [0.05, 0.1) is 18.4 Å². The molecule has 0 bridgehead atoms. The Bertz CT molecular complexity index is 308. The molecule has 2 heterocycles. The van der Waals surface area contributed by atoms with E-state index in [0.717, 1.165) is 24.5 Å². The van der Waals surface area contributed by atoms with Gasteiger partial charge in [0.25, 0.3) is 0 Å². The quantitative estimate of drug-likeness (QED) is 0.817. The minimum absolute atomic E-state index is 0.241. The molecule has 1 saturated heterocycles. The van der Waals surface area contributed by atoms with Gasteiger partial charge in [0.15, 0.2) is 5.76 Å². The van der Waals surface area contributed by atoms with E-state index in [4.69, 9.17) is 19.7 Å². The summed E-state index contributed by atoms with van der Waals surface area (Å²) in [5.74, 6) is 0.719. The first kappa shape index (κ1) is 11.6. The highest BCUT2D eigenvalue weighted by Gasteiger charge is 2.14. The molecule has 90 valence electrons. The van der Waals surface area contributed by atoms with Crippen LogP contribution in [0.1, 0.15) is 30.7 Å². The Hall–Kier alpha value is -0.910. The summed E-state index contributed by atoms with van der Waals surface area (Å²) in [6.45, 7) is 2.31. The Morgan fingerprint density at radius 1 is 1.50 bits per heavy atom. The molecule has 1 unspecified atom stereocenters. The molecule has 5 nitrogen and oxygen atoms in total. The Balaban J connectivity index is 1.66. The van der Waals surface area contributed by atoms with Crippen molar-refractivity contribution in [3.63, 3.8) is 0 Å². The zero-order valence-electron chi connectivity index (χ0n) is 9.35. The molecule has 1 aliphatic rings. The summed E-state index contributed by atoms with van der Waals surface area (Å²) in [5, 5.41) is 3.79. The molecule has 1 aromatic heterocycles. The molecule has 2 N–H and O–H groups in total. The summed E-state index contributed by atoms with van der Waals surface area (Å²) in [6.07, 6.45) is 3.72. The van der Waals surface area contributed by atoms with Gasteiger partial charge in [-0.15, -0.1) is 0 Å². The van der Waals surface area contributed by atoms with Gasteiger partial charge < -0.3 is 19.7 Å². The van der Waals surface area contributed by atoms with E-state index in [-0.39, 0.29) is 6.10 Å². The van der Waals surface area contributed by atoms with Crippen LogP contribution < -0.4 is 5.73 Å². The summed E-state index contributed by atoms with van der Waals surface area (Å²) in [6, 6.07) is 1.82. The fourth-order valence-corrected chi connectivity index (χ4v) is 1.75. The minimum atomic E-state index is 0.241. The van der Waals surface area contributed by atoms with Crippen LogP contribution in [0.25, 0.3) is 0 Å². The molecule has 5 heteroatoms. The third-order valence-electron chi connectivity index (χ3n) is 2.64. The largest absolute Gasteiger partial charge is 0.376 e. The molecule has 2 rings (SSSR count). The van der Waals surface area contributed by atoms with Crippen molar-refractivity contribution in [1.82, 2.24) is 5.16 Å². The Labute approximate surface area is 94.9 Å². The number of rotatable bonds is 5. The molecule has 0 spiro atoms. The topological polar surface area (TPSA) is 70.5 Å². The van der Waals surface area contributed by atoms with Crippen LogP contribution in [0.5, 0.6) is 0 Å². The van der Waals surface area contributed by atoms with Gasteiger partial charge in [-0.2, -0.15) is 0 Å². The summed E-state index contributed by atoms with van der Waals surface area (Å²) in [5.41, 5.74) is 6.18. The van der Waals surface area contributed by atoms with Gasteiger partial charge in [0, 0.05) is 19.2 Å². The van der Waals surface area contributed by atoms with Gasteiger partial charge in [0.2, 0.25) is 0 Å². The van der Waals surface area contributed by atoms with Gasteiger partial charge in [0.1, 0.15) is 6.61 Å². The second-order valence-corrected chi connectivity index (χ2v) is 3.99. The van der Waals surface area contributed by atoms with Crippen molar-refractivity contribution >= 4 is 0 Å². The van der Waals surface area contributed by atoms with Gasteiger partial charge in [-0.25, -0.2) is 0 Å². The number of ether oxygens (including phenoxy) is 2. The van der Waals surface area contributed by atoms with Crippen LogP contribution >= 0.6 is 0 Å². The van der Waals surface area contributed by atoms with Crippen molar-refractivity contribution in [1.29, 1.82) is 0 Å². The molecular weight excluding hydrogens is 208 g/mol. The highest BCUT2D eigenvalue weighted by Crippen LogP contribution is 2.13. The van der Waals surface area contributed by atoms with Crippen LogP contribution in [-0.2, 0) is 22.6 Å². The van der Waals surface area contributed by atoms with Crippen LogP contribution in [0.3, 0.4) is 0 Å². The van der Waals surface area contributed by atoms with Crippen molar-refractivity contribution < 1.29 is 14.0 Å². The monoisotopic (exact) mass is 226 g/mol. The highest BCUT2D eigenvalue weighted by molar-refractivity contribution is 5.03. The van der Waals surface area contributed by atoms with Crippen LogP contribution in [0, 0.1) is 0 Å². The van der Waals surface area contributed by atoms with Gasteiger partial charge in [-0.05, 0) is 19.3 Å². The number of hydrogen-bond donors (Lipinski definition) is 1. The van der Waals surface area contributed by atoms with Gasteiger partial charge >= 0.3 is 0 Å². The smallest absolute Gasteiger partial charge is 0.162 e. The lowest BCUT2D eigenvalue weighted by atomic mass is 10.1. The third kappa shape index (κ3) is 3.30. The van der Waals surface area contributed by atoms with Gasteiger partial charge in [-0.3, -0.25) is 0 Å². The van der Waals surface area contributed by atoms with E-state index in [1.807, 2.05) is 6.07 Å². The Kier molecular flexibility index (Phi) is 4.33. The van der Waals surface area contributed by atoms with Crippen LogP contribution in [-0.4, -0.2) is 24.5 Å². The maximum Gasteiger partial charge on any atom is 0.162 e. The highest BCUT2D eigenvalue weighted by atomic mass is 16.5. The summed E-state index contributed by atoms with van der Waals surface area (Å²) in [4.78, 5) is 0. The fourth-order valence-electron chi connectivity index (χ4n) is 1.75. The first-order valence-electron chi connectivity index (χ1n) is 5.72. The summed E-state index contributed by atoms with van der Waals surface area (Å²) in [7, 11) is 0. The number of nitrogens with two attached hydrogens (primary N) is 1. The first-order chi connectivity index (χ1) is 7.88. The third-order valence-corrected chi connectivity index (χ3v) is 2.64. The molecule has 0 aromatic carbocycles. The van der Waals surface area contributed by atoms with Crippen molar-refractivity contribution in [3.05, 3.63) is 17.5 Å². The second-order valence-electron chi connectivity index (χ2n) is 3.99. The van der Waals surface area contributed by atoms with Crippen LogP contribution in [0.15, 0.2) is 10.6 Å². The number of aromatic nitrogens is 1. The second kappa shape index (κ2) is 5.98. The fraction of sp³-hybridized carbons (Fsp3) is 0.727. The van der Waals surface area contributed by atoms with Crippen LogP contribution in [0.2, 0.25) is 0 Å². The van der Waals surface area contributed by atoms with E-state index < -0.39 is 0 Å². The van der Waals surface area contributed by atoms with E-state index in [2.05, 4.69) is 5.16 Å². The Morgan fingerprint density at radius 2 is 2.44 bits per heavy atom. The molecule has 1 aliphatic heterocycles. The van der Waals surface area contributed by atoms with E-state index in [1.165, 1.54) is 12.8 Å². The lowest BCUT2D eigenvalue weighted by Crippen LogP contribution is -2.24. The maximum absolute atomic E-state index is 5.55. The predicted molar refractivity (Wildman–Crippen MR) is 57.6 cm³/mol. The van der Waals surface area contributed by atoms with Gasteiger partial charge in [-0.1, -0.05) is 5.16 Å². The van der Waals surface area contributed by atoms with E-state index in [9.17, 15) is 0 Å². The molecule has 1 atom stereocenters. The average Bonchev–Trinajstić information content (AvgIpc) is 2.78. The molecule has 0 amide bonds. The molecule has 0 radical (unpaired) electrons. The molecule has 16 heavy (non-hydrogen) atoms. The van der Waals surface area contributed by atoms with Crippen molar-refractivity contribution in [2.45, 2.75) is 38.5 Å². The zero-order chi connectivity index (χ0) is 11.2. The molecule has 1 aromatic rings. The maximum atomic E-state index is 5.55. The first-order valence-corrected chi connectivity index (χ1v) is 5.72. The lowest BCUT2D eigenvalue weighted by Gasteiger charge is -2.21.